The van der Waals surface area contributed by atoms with Crippen LogP contribution >= 0.6 is 0 Å². The third-order valence-electron chi connectivity index (χ3n) is 4.69. The molecular formula is C18H24N2O4. The molecule has 2 atom stereocenters. The molecule has 0 aromatic heterocycles. The highest BCUT2D eigenvalue weighted by Gasteiger charge is 2.36. The summed E-state index contributed by atoms with van der Waals surface area (Å²) in [6.07, 6.45) is 3.10. The number of benzene rings is 1. The van der Waals surface area contributed by atoms with Gasteiger partial charge < -0.3 is 19.7 Å². The fourth-order valence-electron chi connectivity index (χ4n) is 3.36. The van der Waals surface area contributed by atoms with Crippen molar-refractivity contribution in [1.29, 1.82) is 0 Å². The van der Waals surface area contributed by atoms with Crippen LogP contribution in [0.5, 0.6) is 5.75 Å². The summed E-state index contributed by atoms with van der Waals surface area (Å²) in [5.41, 5.74) is 0.909. The third kappa shape index (κ3) is 3.70. The highest BCUT2D eigenvalue weighted by atomic mass is 16.5. The Morgan fingerprint density at radius 3 is 2.96 bits per heavy atom. The van der Waals surface area contributed by atoms with Gasteiger partial charge in [-0.05, 0) is 25.3 Å². The summed E-state index contributed by atoms with van der Waals surface area (Å²) in [7, 11) is 1.61. The van der Waals surface area contributed by atoms with Gasteiger partial charge in [-0.3, -0.25) is 9.59 Å². The highest BCUT2D eigenvalue weighted by molar-refractivity contribution is 5.90. The number of ether oxygens (including phenoxy) is 2. The van der Waals surface area contributed by atoms with E-state index in [2.05, 4.69) is 5.32 Å². The lowest BCUT2D eigenvalue weighted by Crippen LogP contribution is -2.46. The predicted octanol–water partition coefficient (Wildman–Crippen LogP) is 1.48. The number of likely N-dealkylation sites (tertiary alicyclic amines) is 1. The quantitative estimate of drug-likeness (QED) is 0.857. The van der Waals surface area contributed by atoms with E-state index in [-0.39, 0.29) is 17.9 Å². The molecule has 0 unspecified atom stereocenters. The average molecular weight is 332 g/mol. The Labute approximate surface area is 142 Å². The van der Waals surface area contributed by atoms with Crippen molar-refractivity contribution < 1.29 is 19.1 Å². The van der Waals surface area contributed by atoms with E-state index in [4.69, 9.17) is 9.47 Å². The molecule has 0 aliphatic carbocycles. The number of hydrogen-bond donors (Lipinski definition) is 1. The summed E-state index contributed by atoms with van der Waals surface area (Å²) in [6, 6.07) is 7.17. The molecule has 0 radical (unpaired) electrons. The molecule has 1 aromatic rings. The van der Waals surface area contributed by atoms with Gasteiger partial charge in [0.2, 0.25) is 11.8 Å². The van der Waals surface area contributed by atoms with Gasteiger partial charge in [0.1, 0.15) is 11.8 Å². The standard InChI is InChI=1S/C18H24N2O4/c1-23-16-7-3-2-5-13(16)12-20-15(8-9-17(20)21)18(22)19-11-14-6-4-10-24-14/h2-3,5,7,14-15H,4,6,8-12H2,1H3,(H,19,22)/t14-,15-/m1/s1. The zero-order valence-corrected chi connectivity index (χ0v) is 14.0. The van der Waals surface area contributed by atoms with Crippen LogP contribution < -0.4 is 10.1 Å². The second-order valence-electron chi connectivity index (χ2n) is 6.27. The monoisotopic (exact) mass is 332 g/mol. The molecule has 1 aromatic carbocycles. The lowest BCUT2D eigenvalue weighted by molar-refractivity contribution is -0.136. The average Bonchev–Trinajstić information content (AvgIpc) is 3.24. The van der Waals surface area contributed by atoms with E-state index in [1.807, 2.05) is 24.3 Å². The zero-order valence-electron chi connectivity index (χ0n) is 14.0. The largest absolute Gasteiger partial charge is 0.496 e. The van der Waals surface area contributed by atoms with Crippen molar-refractivity contribution in [2.45, 2.75) is 44.4 Å². The molecule has 2 aliphatic heterocycles. The van der Waals surface area contributed by atoms with Crippen LogP contribution in [0.25, 0.3) is 0 Å². The molecule has 2 saturated heterocycles. The number of nitrogens with zero attached hydrogens (tertiary/aromatic N) is 1. The molecule has 130 valence electrons. The lowest BCUT2D eigenvalue weighted by atomic mass is 10.1. The van der Waals surface area contributed by atoms with Crippen LogP contribution in [-0.2, 0) is 20.9 Å². The normalized spacial score (nSPS) is 23.5. The first-order valence-electron chi connectivity index (χ1n) is 8.49. The maximum atomic E-state index is 12.5. The second-order valence-corrected chi connectivity index (χ2v) is 6.27. The van der Waals surface area contributed by atoms with Crippen molar-refractivity contribution in [3.63, 3.8) is 0 Å². The molecule has 3 rings (SSSR count). The zero-order chi connectivity index (χ0) is 16.9. The Morgan fingerprint density at radius 2 is 2.21 bits per heavy atom. The minimum atomic E-state index is -0.413. The van der Waals surface area contributed by atoms with Gasteiger partial charge in [-0.25, -0.2) is 0 Å². The van der Waals surface area contributed by atoms with Gasteiger partial charge in [0.25, 0.3) is 0 Å². The first-order chi connectivity index (χ1) is 11.7. The molecule has 6 nitrogen and oxygen atoms in total. The van der Waals surface area contributed by atoms with Crippen LogP contribution in [0.2, 0.25) is 0 Å². The van der Waals surface area contributed by atoms with Crippen LogP contribution in [0.3, 0.4) is 0 Å². The second kappa shape index (κ2) is 7.66. The minimum Gasteiger partial charge on any atom is -0.496 e. The molecule has 6 heteroatoms. The van der Waals surface area contributed by atoms with Crippen LogP contribution in [-0.4, -0.2) is 49.1 Å². The Balaban J connectivity index is 1.63. The predicted molar refractivity (Wildman–Crippen MR) is 88.5 cm³/mol. The van der Waals surface area contributed by atoms with E-state index in [1.165, 1.54) is 0 Å². The topological polar surface area (TPSA) is 67.9 Å². The molecule has 2 amide bonds. The first kappa shape index (κ1) is 16.8. The highest BCUT2D eigenvalue weighted by Crippen LogP contribution is 2.26. The minimum absolute atomic E-state index is 0.0122. The molecule has 0 saturated carbocycles. The number of amides is 2. The summed E-state index contributed by atoms with van der Waals surface area (Å²) in [4.78, 5) is 26.4. The molecule has 0 bridgehead atoms. The SMILES string of the molecule is COc1ccccc1CN1C(=O)CC[C@@H]1C(=O)NC[C@H]1CCCO1. The Kier molecular flexibility index (Phi) is 5.35. The van der Waals surface area contributed by atoms with Crippen molar-refractivity contribution in [2.24, 2.45) is 0 Å². The maximum absolute atomic E-state index is 12.5. The number of methoxy groups -OCH3 is 1. The van der Waals surface area contributed by atoms with Gasteiger partial charge in [-0.15, -0.1) is 0 Å². The summed E-state index contributed by atoms with van der Waals surface area (Å²) in [5.74, 6) is 0.653. The fourth-order valence-corrected chi connectivity index (χ4v) is 3.36. The van der Waals surface area contributed by atoms with Crippen molar-refractivity contribution in [2.75, 3.05) is 20.3 Å². The van der Waals surface area contributed by atoms with Crippen molar-refractivity contribution >= 4 is 11.8 Å². The van der Waals surface area contributed by atoms with Gasteiger partial charge in [-0.1, -0.05) is 18.2 Å². The number of carbonyl (C=O) groups excluding carboxylic acids is 2. The molecule has 0 spiro atoms. The summed E-state index contributed by atoms with van der Waals surface area (Å²) >= 11 is 0. The molecule has 2 fully saturated rings. The van der Waals surface area contributed by atoms with E-state index in [9.17, 15) is 9.59 Å². The van der Waals surface area contributed by atoms with Crippen LogP contribution in [0, 0.1) is 0 Å². The van der Waals surface area contributed by atoms with Crippen LogP contribution in [0.4, 0.5) is 0 Å². The first-order valence-corrected chi connectivity index (χ1v) is 8.49. The molecule has 2 heterocycles. The lowest BCUT2D eigenvalue weighted by Gasteiger charge is -2.25. The number of rotatable bonds is 6. The smallest absolute Gasteiger partial charge is 0.242 e. The van der Waals surface area contributed by atoms with Gasteiger partial charge in [-0.2, -0.15) is 0 Å². The molecule has 24 heavy (non-hydrogen) atoms. The van der Waals surface area contributed by atoms with E-state index in [0.717, 1.165) is 30.8 Å². The van der Waals surface area contributed by atoms with E-state index in [0.29, 0.717) is 25.9 Å². The molecule has 1 N–H and O–H groups in total. The maximum Gasteiger partial charge on any atom is 0.242 e. The van der Waals surface area contributed by atoms with Crippen LogP contribution in [0.1, 0.15) is 31.2 Å². The molecular weight excluding hydrogens is 308 g/mol. The molecule has 2 aliphatic rings. The van der Waals surface area contributed by atoms with Crippen molar-refractivity contribution in [1.82, 2.24) is 10.2 Å². The summed E-state index contributed by atoms with van der Waals surface area (Å²) in [5, 5.41) is 2.94. The van der Waals surface area contributed by atoms with E-state index < -0.39 is 6.04 Å². The third-order valence-corrected chi connectivity index (χ3v) is 4.69. The number of para-hydroxylation sites is 1. The summed E-state index contributed by atoms with van der Waals surface area (Å²) in [6.45, 7) is 1.68. The number of hydrogen-bond acceptors (Lipinski definition) is 4. The van der Waals surface area contributed by atoms with Gasteiger partial charge in [0, 0.05) is 25.1 Å². The van der Waals surface area contributed by atoms with Gasteiger partial charge in [0.15, 0.2) is 0 Å². The van der Waals surface area contributed by atoms with Gasteiger partial charge in [0.05, 0.1) is 19.8 Å². The van der Waals surface area contributed by atoms with E-state index in [1.54, 1.807) is 12.0 Å². The van der Waals surface area contributed by atoms with Crippen molar-refractivity contribution in [3.8, 4) is 5.75 Å². The number of nitrogens with one attached hydrogen (secondary N) is 1. The van der Waals surface area contributed by atoms with Gasteiger partial charge >= 0.3 is 0 Å². The Morgan fingerprint density at radius 1 is 1.38 bits per heavy atom. The summed E-state index contributed by atoms with van der Waals surface area (Å²) < 4.78 is 10.9. The Hall–Kier alpha value is -2.08. The van der Waals surface area contributed by atoms with Crippen molar-refractivity contribution in [3.05, 3.63) is 29.8 Å². The fraction of sp³-hybridized carbons (Fsp3) is 0.556. The Bertz CT molecular complexity index is 598. The number of carbonyl (C=O) groups is 2. The van der Waals surface area contributed by atoms with Crippen LogP contribution in [0.15, 0.2) is 24.3 Å². The van der Waals surface area contributed by atoms with E-state index >= 15 is 0 Å².